The van der Waals surface area contributed by atoms with Gasteiger partial charge in [-0.3, -0.25) is 4.79 Å². The molecular weight excluding hydrogens is 562 g/mol. The van der Waals surface area contributed by atoms with Gasteiger partial charge in [0.2, 0.25) is 5.91 Å². The third kappa shape index (κ3) is 29.0. The van der Waals surface area contributed by atoms with Gasteiger partial charge in [0.15, 0.2) is 0 Å². The zero-order chi connectivity index (χ0) is 33.2. The summed E-state index contributed by atoms with van der Waals surface area (Å²) in [6, 6.07) is -0.984. The maximum atomic E-state index is 12.4. The van der Waals surface area contributed by atoms with Crippen molar-refractivity contribution in [2.75, 3.05) is 6.61 Å². The first-order chi connectivity index (χ1) is 22.0. The van der Waals surface area contributed by atoms with Crippen molar-refractivity contribution in [1.29, 1.82) is 0 Å². The van der Waals surface area contributed by atoms with E-state index in [-0.39, 0.29) is 0 Å². The molecule has 0 aromatic heterocycles. The molecule has 0 aliphatic rings. The number of amides is 1. The summed E-state index contributed by atoms with van der Waals surface area (Å²) in [5.74, 6) is -0.595. The molecule has 4 unspecified atom stereocenters. The molecule has 0 bridgehead atoms. The van der Waals surface area contributed by atoms with Gasteiger partial charge in [-0.05, 0) is 32.1 Å². The van der Waals surface area contributed by atoms with Gasteiger partial charge in [0, 0.05) is 0 Å². The number of aliphatic hydroxyl groups is 4. The topological polar surface area (TPSA) is 110 Å². The summed E-state index contributed by atoms with van der Waals surface area (Å²) in [6.45, 7) is 3.99. The highest BCUT2D eigenvalue weighted by molar-refractivity contribution is 5.80. The molecule has 6 nitrogen and oxygen atoms in total. The maximum Gasteiger partial charge on any atom is 0.249 e. The minimum Gasteiger partial charge on any atom is -0.394 e. The number of unbranched alkanes of at least 4 members (excludes halogenated alkanes) is 24. The lowest BCUT2D eigenvalue weighted by Crippen LogP contribution is -2.53. The molecule has 0 heterocycles. The van der Waals surface area contributed by atoms with Gasteiger partial charge in [-0.25, -0.2) is 0 Å². The highest BCUT2D eigenvalue weighted by Crippen LogP contribution is 2.16. The van der Waals surface area contributed by atoms with Crippen molar-refractivity contribution in [2.24, 2.45) is 0 Å². The van der Waals surface area contributed by atoms with Crippen LogP contribution in [-0.4, -0.2) is 57.3 Å². The monoisotopic (exact) mass is 640 g/mol. The van der Waals surface area contributed by atoms with E-state index in [9.17, 15) is 25.2 Å². The molecule has 4 atom stereocenters. The van der Waals surface area contributed by atoms with Crippen LogP contribution in [0, 0.1) is 0 Å². The first-order valence-electron chi connectivity index (χ1n) is 19.6. The SMILES string of the molecule is CCCC/C=C\CCCCCCC(O)C(=O)NC(CO)C(O)C(O)CCCCCCCCCCCCCCCCCCCCC. The summed E-state index contributed by atoms with van der Waals surface area (Å²) in [5.41, 5.74) is 0. The fourth-order valence-electron chi connectivity index (χ4n) is 6.03. The van der Waals surface area contributed by atoms with E-state index in [1.54, 1.807) is 0 Å². The second kappa shape index (κ2) is 34.4. The van der Waals surface area contributed by atoms with Crippen molar-refractivity contribution in [3.63, 3.8) is 0 Å². The molecule has 0 saturated carbocycles. The Balaban J connectivity index is 3.73. The molecule has 0 radical (unpaired) electrons. The van der Waals surface area contributed by atoms with Crippen LogP contribution in [0.15, 0.2) is 12.2 Å². The lowest BCUT2D eigenvalue weighted by atomic mass is 9.99. The van der Waals surface area contributed by atoms with Gasteiger partial charge in [-0.15, -0.1) is 0 Å². The molecule has 0 aromatic rings. The van der Waals surface area contributed by atoms with E-state index >= 15 is 0 Å². The number of allylic oxidation sites excluding steroid dienone is 2. The standard InChI is InChI=1S/C39H77NO5/c1-3-5-7-9-11-13-15-16-17-18-19-20-21-22-23-25-26-28-30-32-36(42)38(44)35(34-41)40-39(45)37(43)33-31-29-27-24-14-12-10-8-6-4-2/h10,12,35-38,41-44H,3-9,11,13-34H2,1-2H3,(H,40,45)/b12-10-. The molecule has 0 saturated heterocycles. The second-order valence-corrected chi connectivity index (χ2v) is 13.6. The summed E-state index contributed by atoms with van der Waals surface area (Å²) in [6.07, 6.45) is 35.3. The minimum absolute atomic E-state index is 0.355. The Kier molecular flexibility index (Phi) is 33.7. The van der Waals surface area contributed by atoms with Crippen LogP contribution in [-0.2, 0) is 4.79 Å². The Morgan fingerprint density at radius 1 is 0.533 bits per heavy atom. The molecule has 5 N–H and O–H groups in total. The Morgan fingerprint density at radius 2 is 0.911 bits per heavy atom. The van der Waals surface area contributed by atoms with Crippen LogP contribution in [0.3, 0.4) is 0 Å². The second-order valence-electron chi connectivity index (χ2n) is 13.6. The van der Waals surface area contributed by atoms with E-state index < -0.39 is 36.9 Å². The van der Waals surface area contributed by atoms with Crippen molar-refractivity contribution >= 4 is 5.91 Å². The average molecular weight is 640 g/mol. The maximum absolute atomic E-state index is 12.4. The first kappa shape index (κ1) is 44.0. The zero-order valence-electron chi connectivity index (χ0n) is 29.9. The number of carbonyl (C=O) groups is 1. The van der Waals surface area contributed by atoms with Gasteiger partial charge in [0.25, 0.3) is 0 Å². The van der Waals surface area contributed by atoms with E-state index in [0.717, 1.165) is 57.8 Å². The molecule has 0 rings (SSSR count). The van der Waals surface area contributed by atoms with Crippen molar-refractivity contribution < 1.29 is 25.2 Å². The van der Waals surface area contributed by atoms with Crippen LogP contribution < -0.4 is 5.32 Å². The quantitative estimate of drug-likeness (QED) is 0.0350. The fourth-order valence-corrected chi connectivity index (χ4v) is 6.03. The van der Waals surface area contributed by atoms with Crippen molar-refractivity contribution in [3.05, 3.63) is 12.2 Å². The summed E-state index contributed by atoms with van der Waals surface area (Å²) in [7, 11) is 0. The first-order valence-corrected chi connectivity index (χ1v) is 19.6. The van der Waals surface area contributed by atoms with Crippen molar-refractivity contribution in [3.8, 4) is 0 Å². The number of hydrogen-bond acceptors (Lipinski definition) is 5. The molecule has 1 amide bonds. The molecule has 6 heteroatoms. The summed E-state index contributed by atoms with van der Waals surface area (Å²) in [4.78, 5) is 12.4. The van der Waals surface area contributed by atoms with Gasteiger partial charge in [0.05, 0.1) is 18.8 Å². The highest BCUT2D eigenvalue weighted by atomic mass is 16.3. The van der Waals surface area contributed by atoms with Crippen molar-refractivity contribution in [2.45, 2.75) is 224 Å². The van der Waals surface area contributed by atoms with E-state index in [1.165, 1.54) is 116 Å². The third-order valence-electron chi connectivity index (χ3n) is 9.23. The Hall–Kier alpha value is -0.950. The van der Waals surface area contributed by atoms with Crippen LogP contribution in [0.1, 0.15) is 200 Å². The molecule has 0 spiro atoms. The highest BCUT2D eigenvalue weighted by Gasteiger charge is 2.28. The third-order valence-corrected chi connectivity index (χ3v) is 9.23. The smallest absolute Gasteiger partial charge is 0.249 e. The number of carbonyl (C=O) groups excluding carboxylic acids is 1. The van der Waals surface area contributed by atoms with E-state index in [4.69, 9.17) is 0 Å². The van der Waals surface area contributed by atoms with Crippen LogP contribution in [0.4, 0.5) is 0 Å². The zero-order valence-corrected chi connectivity index (χ0v) is 29.9. The molecule has 268 valence electrons. The minimum atomic E-state index is -1.26. The molecule has 0 aliphatic carbocycles. The average Bonchev–Trinajstić information content (AvgIpc) is 3.04. The number of aliphatic hydroxyl groups excluding tert-OH is 4. The summed E-state index contributed by atoms with van der Waals surface area (Å²) >= 11 is 0. The van der Waals surface area contributed by atoms with Gasteiger partial charge >= 0.3 is 0 Å². The normalized spacial score (nSPS) is 14.5. The molecular formula is C39H77NO5. The predicted octanol–water partition coefficient (Wildman–Crippen LogP) is 9.46. The fraction of sp³-hybridized carbons (Fsp3) is 0.923. The summed E-state index contributed by atoms with van der Waals surface area (Å²) in [5, 5.41) is 43.4. The van der Waals surface area contributed by atoms with Crippen LogP contribution >= 0.6 is 0 Å². The van der Waals surface area contributed by atoms with E-state index in [1.807, 2.05) is 0 Å². The Bertz CT molecular complexity index is 643. The van der Waals surface area contributed by atoms with Crippen LogP contribution in [0.2, 0.25) is 0 Å². The van der Waals surface area contributed by atoms with Crippen LogP contribution in [0.5, 0.6) is 0 Å². The van der Waals surface area contributed by atoms with Gasteiger partial charge in [0.1, 0.15) is 12.2 Å². The number of rotatable bonds is 35. The number of hydrogen-bond donors (Lipinski definition) is 5. The lowest BCUT2D eigenvalue weighted by Gasteiger charge is -2.27. The molecule has 0 aliphatic heterocycles. The molecule has 0 fully saturated rings. The van der Waals surface area contributed by atoms with E-state index in [2.05, 4.69) is 31.3 Å². The molecule has 0 aromatic carbocycles. The largest absolute Gasteiger partial charge is 0.394 e. The molecule has 45 heavy (non-hydrogen) atoms. The number of nitrogens with one attached hydrogen (secondary N) is 1. The predicted molar refractivity (Wildman–Crippen MR) is 191 cm³/mol. The van der Waals surface area contributed by atoms with Gasteiger partial charge in [-0.2, -0.15) is 0 Å². The van der Waals surface area contributed by atoms with E-state index in [0.29, 0.717) is 12.8 Å². The summed E-state index contributed by atoms with van der Waals surface area (Å²) < 4.78 is 0. The van der Waals surface area contributed by atoms with Crippen molar-refractivity contribution in [1.82, 2.24) is 5.32 Å². The lowest BCUT2D eigenvalue weighted by molar-refractivity contribution is -0.132. The Labute approximate surface area is 279 Å². The van der Waals surface area contributed by atoms with Gasteiger partial charge in [-0.1, -0.05) is 180 Å². The Morgan fingerprint density at radius 3 is 1.36 bits per heavy atom. The van der Waals surface area contributed by atoms with Gasteiger partial charge < -0.3 is 25.7 Å². The van der Waals surface area contributed by atoms with Crippen LogP contribution in [0.25, 0.3) is 0 Å².